The van der Waals surface area contributed by atoms with Gasteiger partial charge in [-0.3, -0.25) is 9.59 Å². The highest BCUT2D eigenvalue weighted by Crippen LogP contribution is 2.25. The number of anilines is 3. The van der Waals surface area contributed by atoms with Crippen molar-refractivity contribution in [2.75, 3.05) is 41.9 Å². The van der Waals surface area contributed by atoms with Gasteiger partial charge in [0.15, 0.2) is 0 Å². The average molecular weight is 381 g/mol. The SMILES string of the molecule is COc1ccccc1NC(=O)CN(C(C)=O)c1ccc(N2CCCCC2)cc1. The molecule has 2 amide bonds. The normalized spacial score (nSPS) is 13.7. The van der Waals surface area contributed by atoms with Crippen molar-refractivity contribution in [1.82, 2.24) is 0 Å². The van der Waals surface area contributed by atoms with Crippen molar-refractivity contribution in [3.63, 3.8) is 0 Å². The summed E-state index contributed by atoms with van der Waals surface area (Å²) in [5.74, 6) is 0.122. The minimum Gasteiger partial charge on any atom is -0.495 e. The quantitative estimate of drug-likeness (QED) is 0.829. The fraction of sp³-hybridized carbons (Fsp3) is 0.364. The predicted octanol–water partition coefficient (Wildman–Crippen LogP) is 3.68. The maximum Gasteiger partial charge on any atom is 0.244 e. The van der Waals surface area contributed by atoms with E-state index in [0.717, 1.165) is 18.8 Å². The van der Waals surface area contributed by atoms with Crippen LogP contribution in [0.15, 0.2) is 48.5 Å². The Morgan fingerprint density at radius 1 is 1.04 bits per heavy atom. The van der Waals surface area contributed by atoms with Gasteiger partial charge in [-0.15, -0.1) is 0 Å². The molecule has 0 unspecified atom stereocenters. The second kappa shape index (κ2) is 9.26. The van der Waals surface area contributed by atoms with Gasteiger partial charge in [-0.1, -0.05) is 12.1 Å². The largest absolute Gasteiger partial charge is 0.495 e. The van der Waals surface area contributed by atoms with Crippen molar-refractivity contribution >= 4 is 28.9 Å². The topological polar surface area (TPSA) is 61.9 Å². The van der Waals surface area contributed by atoms with Crippen LogP contribution in [0, 0.1) is 0 Å². The molecule has 0 radical (unpaired) electrons. The first-order chi connectivity index (χ1) is 13.6. The number of nitrogens with zero attached hydrogens (tertiary/aromatic N) is 2. The zero-order valence-electron chi connectivity index (χ0n) is 16.5. The number of methoxy groups -OCH3 is 1. The van der Waals surface area contributed by atoms with Gasteiger partial charge in [-0.25, -0.2) is 0 Å². The third-order valence-corrected chi connectivity index (χ3v) is 4.95. The molecule has 1 saturated heterocycles. The van der Waals surface area contributed by atoms with Crippen molar-refractivity contribution in [3.05, 3.63) is 48.5 Å². The number of carbonyl (C=O) groups excluding carboxylic acids is 2. The van der Waals surface area contributed by atoms with Crippen LogP contribution >= 0.6 is 0 Å². The summed E-state index contributed by atoms with van der Waals surface area (Å²) in [5, 5.41) is 2.81. The molecule has 2 aromatic rings. The summed E-state index contributed by atoms with van der Waals surface area (Å²) >= 11 is 0. The maximum absolute atomic E-state index is 12.5. The molecule has 1 fully saturated rings. The monoisotopic (exact) mass is 381 g/mol. The van der Waals surface area contributed by atoms with E-state index in [1.165, 1.54) is 31.1 Å². The fourth-order valence-corrected chi connectivity index (χ4v) is 3.46. The summed E-state index contributed by atoms with van der Waals surface area (Å²) in [6, 6.07) is 15.0. The summed E-state index contributed by atoms with van der Waals surface area (Å²) in [6.07, 6.45) is 3.71. The molecule has 0 saturated carbocycles. The van der Waals surface area contributed by atoms with Gasteiger partial charge in [-0.2, -0.15) is 0 Å². The maximum atomic E-state index is 12.5. The second-order valence-electron chi connectivity index (χ2n) is 6.92. The summed E-state index contributed by atoms with van der Waals surface area (Å²) in [5.41, 5.74) is 2.45. The van der Waals surface area contributed by atoms with Crippen molar-refractivity contribution in [2.24, 2.45) is 0 Å². The van der Waals surface area contributed by atoms with E-state index in [2.05, 4.69) is 10.2 Å². The van der Waals surface area contributed by atoms with E-state index in [0.29, 0.717) is 17.1 Å². The summed E-state index contributed by atoms with van der Waals surface area (Å²) in [7, 11) is 1.55. The molecular weight excluding hydrogens is 354 g/mol. The van der Waals surface area contributed by atoms with Crippen molar-refractivity contribution in [2.45, 2.75) is 26.2 Å². The first kappa shape index (κ1) is 19.7. The molecule has 1 aliphatic rings. The van der Waals surface area contributed by atoms with Crippen LogP contribution in [0.4, 0.5) is 17.1 Å². The van der Waals surface area contributed by atoms with E-state index < -0.39 is 0 Å². The number of amides is 2. The molecule has 2 aromatic carbocycles. The zero-order valence-corrected chi connectivity index (χ0v) is 16.5. The van der Waals surface area contributed by atoms with E-state index >= 15 is 0 Å². The number of benzene rings is 2. The number of carbonyl (C=O) groups is 2. The Morgan fingerprint density at radius 2 is 1.71 bits per heavy atom. The number of piperidine rings is 1. The molecule has 1 N–H and O–H groups in total. The number of hydrogen-bond donors (Lipinski definition) is 1. The van der Waals surface area contributed by atoms with E-state index in [-0.39, 0.29) is 18.4 Å². The Kier molecular flexibility index (Phi) is 6.53. The summed E-state index contributed by atoms with van der Waals surface area (Å²) < 4.78 is 5.25. The molecule has 0 bridgehead atoms. The van der Waals surface area contributed by atoms with Crippen LogP contribution in [0.2, 0.25) is 0 Å². The van der Waals surface area contributed by atoms with Crippen LogP contribution in [0.5, 0.6) is 5.75 Å². The lowest BCUT2D eigenvalue weighted by molar-refractivity contribution is -0.120. The standard InChI is InChI=1S/C22H27N3O3/c1-17(26)25(16-22(27)23-20-8-4-5-9-21(20)28-2)19-12-10-18(11-13-19)24-14-6-3-7-15-24/h4-5,8-13H,3,6-7,14-16H2,1-2H3,(H,23,27). The molecule has 1 heterocycles. The molecular formula is C22H27N3O3. The highest BCUT2D eigenvalue weighted by Gasteiger charge is 2.18. The molecule has 6 heteroatoms. The highest BCUT2D eigenvalue weighted by molar-refractivity contribution is 6.02. The Bertz CT molecular complexity index is 814. The van der Waals surface area contributed by atoms with Gasteiger partial charge in [0, 0.05) is 31.4 Å². The lowest BCUT2D eigenvalue weighted by Gasteiger charge is -2.29. The molecule has 0 atom stereocenters. The third kappa shape index (κ3) is 4.82. The molecule has 28 heavy (non-hydrogen) atoms. The van der Waals surface area contributed by atoms with Crippen molar-refractivity contribution < 1.29 is 14.3 Å². The first-order valence-corrected chi connectivity index (χ1v) is 9.64. The molecule has 0 aliphatic carbocycles. The zero-order chi connectivity index (χ0) is 19.9. The Balaban J connectivity index is 1.69. The van der Waals surface area contributed by atoms with Gasteiger partial charge in [-0.05, 0) is 55.7 Å². The Labute approximate surface area is 166 Å². The predicted molar refractivity (Wildman–Crippen MR) is 112 cm³/mol. The summed E-state index contributed by atoms with van der Waals surface area (Å²) in [6.45, 7) is 3.54. The lowest BCUT2D eigenvalue weighted by Crippen LogP contribution is -2.36. The Morgan fingerprint density at radius 3 is 2.36 bits per heavy atom. The van der Waals surface area contributed by atoms with Crippen LogP contribution in [0.1, 0.15) is 26.2 Å². The molecule has 3 rings (SSSR count). The highest BCUT2D eigenvalue weighted by atomic mass is 16.5. The molecule has 1 aliphatic heterocycles. The fourth-order valence-electron chi connectivity index (χ4n) is 3.46. The van der Waals surface area contributed by atoms with E-state index in [9.17, 15) is 9.59 Å². The van der Waals surface area contributed by atoms with Gasteiger partial charge >= 0.3 is 0 Å². The number of nitrogens with one attached hydrogen (secondary N) is 1. The minimum atomic E-state index is -0.278. The van der Waals surface area contributed by atoms with Gasteiger partial charge in [0.05, 0.1) is 12.8 Å². The first-order valence-electron chi connectivity index (χ1n) is 9.64. The lowest BCUT2D eigenvalue weighted by atomic mass is 10.1. The van der Waals surface area contributed by atoms with Crippen LogP contribution in [0.3, 0.4) is 0 Å². The van der Waals surface area contributed by atoms with Gasteiger partial charge in [0.1, 0.15) is 12.3 Å². The molecule has 148 valence electrons. The average Bonchev–Trinajstić information content (AvgIpc) is 2.73. The Hall–Kier alpha value is -3.02. The molecule has 0 spiro atoms. The number of para-hydroxylation sites is 2. The third-order valence-electron chi connectivity index (χ3n) is 4.95. The number of rotatable bonds is 6. The van der Waals surface area contributed by atoms with E-state index in [4.69, 9.17) is 4.74 Å². The molecule has 6 nitrogen and oxygen atoms in total. The van der Waals surface area contributed by atoms with E-state index in [1.54, 1.807) is 19.2 Å². The minimum absolute atomic E-state index is 0.0591. The number of hydrogen-bond acceptors (Lipinski definition) is 4. The van der Waals surface area contributed by atoms with Crippen molar-refractivity contribution in [1.29, 1.82) is 0 Å². The van der Waals surface area contributed by atoms with E-state index in [1.807, 2.05) is 36.4 Å². The number of ether oxygens (including phenoxy) is 1. The van der Waals surface area contributed by atoms with Crippen LogP contribution in [0.25, 0.3) is 0 Å². The van der Waals surface area contributed by atoms with Gasteiger partial charge < -0.3 is 19.9 Å². The summed E-state index contributed by atoms with van der Waals surface area (Å²) in [4.78, 5) is 28.5. The van der Waals surface area contributed by atoms with Crippen LogP contribution in [-0.4, -0.2) is 38.6 Å². The van der Waals surface area contributed by atoms with Crippen molar-refractivity contribution in [3.8, 4) is 5.75 Å². The second-order valence-corrected chi connectivity index (χ2v) is 6.92. The van der Waals surface area contributed by atoms with Gasteiger partial charge in [0.2, 0.25) is 11.8 Å². The van der Waals surface area contributed by atoms with Crippen LogP contribution in [-0.2, 0) is 9.59 Å². The smallest absolute Gasteiger partial charge is 0.244 e. The molecule has 0 aromatic heterocycles. The van der Waals surface area contributed by atoms with Gasteiger partial charge in [0.25, 0.3) is 0 Å². The van der Waals surface area contributed by atoms with Crippen LogP contribution < -0.4 is 19.9 Å².